The molecule has 0 unspecified atom stereocenters. The van der Waals surface area contributed by atoms with Gasteiger partial charge < -0.3 is 10.8 Å². The van der Waals surface area contributed by atoms with E-state index >= 15 is 0 Å². The highest BCUT2D eigenvalue weighted by atomic mass is 16.3. The highest BCUT2D eigenvalue weighted by Gasteiger charge is 2.18. The molecule has 78 valence electrons. The molecule has 0 amide bonds. The fourth-order valence-corrected chi connectivity index (χ4v) is 1.37. The number of aromatic hydroxyl groups is 1. The largest absolute Gasteiger partial charge is 0.508 e. The molecule has 2 nitrogen and oxygen atoms in total. The van der Waals surface area contributed by atoms with E-state index < -0.39 is 0 Å². The van der Waals surface area contributed by atoms with Crippen molar-refractivity contribution >= 4 is 0 Å². The van der Waals surface area contributed by atoms with Crippen LogP contribution >= 0.6 is 0 Å². The van der Waals surface area contributed by atoms with Gasteiger partial charge >= 0.3 is 0 Å². The van der Waals surface area contributed by atoms with Crippen LogP contribution in [0, 0.1) is 0 Å². The van der Waals surface area contributed by atoms with Gasteiger partial charge in [0.05, 0.1) is 0 Å². The third kappa shape index (κ3) is 2.07. The summed E-state index contributed by atoms with van der Waals surface area (Å²) in [7, 11) is 0. The van der Waals surface area contributed by atoms with Gasteiger partial charge in [-0.25, -0.2) is 0 Å². The average molecular weight is 193 g/mol. The highest BCUT2D eigenvalue weighted by Crippen LogP contribution is 2.29. The summed E-state index contributed by atoms with van der Waals surface area (Å²) >= 11 is 0. The summed E-state index contributed by atoms with van der Waals surface area (Å²) in [6.07, 6.45) is 1.07. The molecule has 14 heavy (non-hydrogen) atoms. The number of rotatable bonds is 3. The third-order valence-electron chi connectivity index (χ3n) is 2.96. The summed E-state index contributed by atoms with van der Waals surface area (Å²) < 4.78 is 0. The van der Waals surface area contributed by atoms with Gasteiger partial charge in [-0.2, -0.15) is 0 Å². The molecule has 3 N–H and O–H groups in total. The van der Waals surface area contributed by atoms with Crippen LogP contribution in [0.25, 0.3) is 0 Å². The number of phenolic OH excluding ortho intramolecular Hbond substituents is 1. The van der Waals surface area contributed by atoms with Crippen molar-refractivity contribution in [3.8, 4) is 5.75 Å². The van der Waals surface area contributed by atoms with Crippen molar-refractivity contribution in [2.45, 2.75) is 39.2 Å². The maximum absolute atomic E-state index is 9.49. The molecule has 0 bridgehead atoms. The van der Waals surface area contributed by atoms with E-state index in [1.165, 1.54) is 5.56 Å². The summed E-state index contributed by atoms with van der Waals surface area (Å²) in [6.45, 7) is 6.94. The van der Waals surface area contributed by atoms with Crippen molar-refractivity contribution in [1.82, 2.24) is 0 Å². The zero-order valence-electron chi connectivity index (χ0n) is 9.17. The minimum Gasteiger partial charge on any atom is -0.508 e. The first-order valence-electron chi connectivity index (χ1n) is 5.03. The molecule has 0 aliphatic rings. The van der Waals surface area contributed by atoms with Gasteiger partial charge in [0.2, 0.25) is 0 Å². The van der Waals surface area contributed by atoms with Gasteiger partial charge in [-0.3, -0.25) is 0 Å². The molecular formula is C12H19NO. The predicted molar refractivity (Wildman–Crippen MR) is 59.3 cm³/mol. The van der Waals surface area contributed by atoms with Crippen LogP contribution in [0.1, 0.15) is 38.3 Å². The fraction of sp³-hybridized carbons (Fsp3) is 0.500. The lowest BCUT2D eigenvalue weighted by Gasteiger charge is -2.24. The standard InChI is InChI=1S/C12H19NO/c1-4-12(2,3)10-5-6-11(14)9(7-10)8-13/h5-7,14H,4,8,13H2,1-3H3. The van der Waals surface area contributed by atoms with Gasteiger partial charge in [0, 0.05) is 12.1 Å². The molecule has 0 heterocycles. The second-order valence-corrected chi connectivity index (χ2v) is 4.29. The maximum Gasteiger partial charge on any atom is 0.120 e. The zero-order chi connectivity index (χ0) is 10.8. The normalized spacial score (nSPS) is 11.7. The third-order valence-corrected chi connectivity index (χ3v) is 2.96. The minimum absolute atomic E-state index is 0.150. The Balaban J connectivity index is 3.12. The average Bonchev–Trinajstić information content (AvgIpc) is 2.18. The Hall–Kier alpha value is -1.02. The SMILES string of the molecule is CCC(C)(C)c1ccc(O)c(CN)c1. The Kier molecular flexibility index (Phi) is 3.17. The Morgan fingerprint density at radius 1 is 1.36 bits per heavy atom. The van der Waals surface area contributed by atoms with E-state index in [2.05, 4.69) is 20.8 Å². The number of hydrogen-bond donors (Lipinski definition) is 2. The van der Waals surface area contributed by atoms with E-state index in [1.54, 1.807) is 6.07 Å². The molecular weight excluding hydrogens is 174 g/mol. The maximum atomic E-state index is 9.49. The molecule has 1 rings (SSSR count). The lowest BCUT2D eigenvalue weighted by Crippen LogP contribution is -2.16. The molecule has 1 aromatic carbocycles. The lowest BCUT2D eigenvalue weighted by atomic mass is 9.81. The van der Waals surface area contributed by atoms with Gasteiger partial charge in [0.15, 0.2) is 0 Å². The van der Waals surface area contributed by atoms with Gasteiger partial charge in [-0.05, 0) is 23.5 Å². The van der Waals surface area contributed by atoms with Crippen LogP contribution in [-0.2, 0) is 12.0 Å². The van der Waals surface area contributed by atoms with Crippen LogP contribution in [0.5, 0.6) is 5.75 Å². The van der Waals surface area contributed by atoms with E-state index in [-0.39, 0.29) is 5.41 Å². The molecule has 0 atom stereocenters. The van der Waals surface area contributed by atoms with E-state index in [9.17, 15) is 5.11 Å². The molecule has 0 aliphatic heterocycles. The first-order chi connectivity index (χ1) is 6.51. The van der Waals surface area contributed by atoms with Crippen LogP contribution in [0.15, 0.2) is 18.2 Å². The molecule has 0 radical (unpaired) electrons. The number of benzene rings is 1. The topological polar surface area (TPSA) is 46.2 Å². The van der Waals surface area contributed by atoms with Crippen LogP contribution in [0.2, 0.25) is 0 Å². The van der Waals surface area contributed by atoms with Gasteiger partial charge in [0.25, 0.3) is 0 Å². The number of hydrogen-bond acceptors (Lipinski definition) is 2. The Labute approximate surface area is 85.8 Å². The smallest absolute Gasteiger partial charge is 0.120 e. The lowest BCUT2D eigenvalue weighted by molar-refractivity contribution is 0.464. The van der Waals surface area contributed by atoms with Crippen molar-refractivity contribution in [2.24, 2.45) is 5.73 Å². The molecule has 0 aliphatic carbocycles. The zero-order valence-corrected chi connectivity index (χ0v) is 9.17. The highest BCUT2D eigenvalue weighted by molar-refractivity contribution is 5.38. The van der Waals surface area contributed by atoms with Crippen molar-refractivity contribution in [3.05, 3.63) is 29.3 Å². The molecule has 0 aromatic heterocycles. The van der Waals surface area contributed by atoms with Gasteiger partial charge in [-0.15, -0.1) is 0 Å². The quantitative estimate of drug-likeness (QED) is 0.775. The molecule has 0 fully saturated rings. The molecule has 1 aromatic rings. The van der Waals surface area contributed by atoms with Crippen LogP contribution < -0.4 is 5.73 Å². The van der Waals surface area contributed by atoms with Crippen molar-refractivity contribution < 1.29 is 5.11 Å². The Morgan fingerprint density at radius 2 is 2.00 bits per heavy atom. The van der Waals surface area contributed by atoms with E-state index in [4.69, 9.17) is 5.73 Å². The van der Waals surface area contributed by atoms with E-state index in [1.807, 2.05) is 12.1 Å². The molecule has 2 heteroatoms. The fourth-order valence-electron chi connectivity index (χ4n) is 1.37. The van der Waals surface area contributed by atoms with Gasteiger partial charge in [0.1, 0.15) is 5.75 Å². The number of phenols is 1. The molecule has 0 saturated carbocycles. The minimum atomic E-state index is 0.150. The second-order valence-electron chi connectivity index (χ2n) is 4.29. The first kappa shape index (κ1) is 11.1. The molecule has 0 spiro atoms. The summed E-state index contributed by atoms with van der Waals surface area (Å²) in [4.78, 5) is 0. The van der Waals surface area contributed by atoms with E-state index in [0.29, 0.717) is 12.3 Å². The summed E-state index contributed by atoms with van der Waals surface area (Å²) in [5, 5.41) is 9.49. The Morgan fingerprint density at radius 3 is 2.50 bits per heavy atom. The monoisotopic (exact) mass is 193 g/mol. The second kappa shape index (κ2) is 4.01. The summed E-state index contributed by atoms with van der Waals surface area (Å²) in [6, 6.07) is 5.70. The van der Waals surface area contributed by atoms with Crippen molar-refractivity contribution in [3.63, 3.8) is 0 Å². The first-order valence-corrected chi connectivity index (χ1v) is 5.03. The number of nitrogens with two attached hydrogens (primary N) is 1. The predicted octanol–water partition coefficient (Wildman–Crippen LogP) is 2.54. The van der Waals surface area contributed by atoms with Gasteiger partial charge in [-0.1, -0.05) is 32.9 Å². The summed E-state index contributed by atoms with van der Waals surface area (Å²) in [5.41, 5.74) is 7.75. The van der Waals surface area contributed by atoms with Crippen molar-refractivity contribution in [2.75, 3.05) is 0 Å². The molecule has 0 saturated heterocycles. The van der Waals surface area contributed by atoms with Crippen LogP contribution in [-0.4, -0.2) is 5.11 Å². The van der Waals surface area contributed by atoms with Crippen LogP contribution in [0.4, 0.5) is 0 Å². The summed E-state index contributed by atoms with van der Waals surface area (Å²) in [5.74, 6) is 0.295. The Bertz CT molecular complexity index is 318. The van der Waals surface area contributed by atoms with Crippen LogP contribution in [0.3, 0.4) is 0 Å². The van der Waals surface area contributed by atoms with E-state index in [0.717, 1.165) is 12.0 Å². The van der Waals surface area contributed by atoms with Crippen molar-refractivity contribution in [1.29, 1.82) is 0 Å².